The monoisotopic (exact) mass is 478 g/mol. The molecule has 0 aliphatic rings. The van der Waals surface area contributed by atoms with Gasteiger partial charge in [-0.3, -0.25) is 0 Å². The summed E-state index contributed by atoms with van der Waals surface area (Å²) >= 11 is 0. The van der Waals surface area contributed by atoms with Crippen LogP contribution in [-0.2, 0) is 6.54 Å². The number of benzene rings is 4. The Morgan fingerprint density at radius 3 is 2.42 bits per heavy atom. The van der Waals surface area contributed by atoms with Crippen LogP contribution in [0.5, 0.6) is 11.5 Å². The van der Waals surface area contributed by atoms with E-state index in [4.69, 9.17) is 14.5 Å². The van der Waals surface area contributed by atoms with E-state index < -0.39 is 0 Å². The number of imidazole rings is 1. The first-order valence-electron chi connectivity index (χ1n) is 12.8. The van der Waals surface area contributed by atoms with Gasteiger partial charge in [-0.2, -0.15) is 0 Å². The van der Waals surface area contributed by atoms with Gasteiger partial charge in [0.15, 0.2) is 0 Å². The van der Waals surface area contributed by atoms with Crippen LogP contribution in [0, 0.1) is 0 Å². The lowest BCUT2D eigenvalue weighted by molar-refractivity contribution is 0.297. The second-order valence-electron chi connectivity index (χ2n) is 9.70. The number of fused-ring (bicyclic) bond motifs is 2. The summed E-state index contributed by atoms with van der Waals surface area (Å²) < 4.78 is 14.0. The summed E-state index contributed by atoms with van der Waals surface area (Å²) in [5.74, 6) is 3.56. The number of ether oxygens (including phenoxy) is 2. The van der Waals surface area contributed by atoms with E-state index in [1.807, 2.05) is 12.1 Å². The predicted octanol–water partition coefficient (Wildman–Crippen LogP) is 7.94. The molecule has 0 radical (unpaired) electrons. The second kappa shape index (κ2) is 10.4. The van der Waals surface area contributed by atoms with E-state index >= 15 is 0 Å². The number of aromatic nitrogens is 2. The molecule has 0 N–H and O–H groups in total. The number of para-hydroxylation sites is 3. The van der Waals surface area contributed by atoms with Gasteiger partial charge >= 0.3 is 0 Å². The smallest absolute Gasteiger partial charge is 0.122 e. The van der Waals surface area contributed by atoms with Crippen molar-refractivity contribution < 1.29 is 9.47 Å². The molecule has 4 aromatic carbocycles. The van der Waals surface area contributed by atoms with Crippen LogP contribution < -0.4 is 9.47 Å². The Hall–Kier alpha value is -3.79. The van der Waals surface area contributed by atoms with Crippen molar-refractivity contribution in [2.75, 3.05) is 13.7 Å². The van der Waals surface area contributed by atoms with E-state index in [9.17, 15) is 0 Å². The SMILES string of the molecule is COc1ccc2cc(C(C)c3nc4ccccc4n3CCCOc3ccccc3C(C)C)ccc2c1. The Bertz CT molecular complexity index is 1480. The van der Waals surface area contributed by atoms with Gasteiger partial charge in [0, 0.05) is 12.5 Å². The summed E-state index contributed by atoms with van der Waals surface area (Å²) in [7, 11) is 1.70. The first-order valence-corrected chi connectivity index (χ1v) is 12.8. The molecule has 36 heavy (non-hydrogen) atoms. The van der Waals surface area contributed by atoms with Crippen molar-refractivity contribution in [3.63, 3.8) is 0 Å². The first kappa shape index (κ1) is 23.9. The van der Waals surface area contributed by atoms with Crippen LogP contribution in [0.25, 0.3) is 21.8 Å². The highest BCUT2D eigenvalue weighted by atomic mass is 16.5. The molecule has 0 bridgehead atoms. The van der Waals surface area contributed by atoms with Gasteiger partial charge in [-0.05, 0) is 64.6 Å². The maximum atomic E-state index is 6.22. The third kappa shape index (κ3) is 4.81. The Morgan fingerprint density at radius 1 is 0.833 bits per heavy atom. The highest BCUT2D eigenvalue weighted by molar-refractivity contribution is 5.85. The number of rotatable bonds is 9. The van der Waals surface area contributed by atoms with Gasteiger partial charge in [0.25, 0.3) is 0 Å². The van der Waals surface area contributed by atoms with Crippen LogP contribution in [-0.4, -0.2) is 23.3 Å². The van der Waals surface area contributed by atoms with E-state index in [0.717, 1.165) is 35.8 Å². The average molecular weight is 479 g/mol. The Labute approximate surface area is 213 Å². The molecule has 1 heterocycles. The van der Waals surface area contributed by atoms with Gasteiger partial charge in [-0.15, -0.1) is 0 Å². The number of aryl methyl sites for hydroxylation is 1. The molecule has 184 valence electrons. The van der Waals surface area contributed by atoms with E-state index in [1.54, 1.807) is 7.11 Å². The van der Waals surface area contributed by atoms with Crippen molar-refractivity contribution in [2.45, 2.75) is 45.6 Å². The Kier molecular flexibility index (Phi) is 6.95. The Morgan fingerprint density at radius 2 is 1.58 bits per heavy atom. The van der Waals surface area contributed by atoms with Crippen LogP contribution >= 0.6 is 0 Å². The molecule has 0 amide bonds. The molecule has 4 nitrogen and oxygen atoms in total. The number of hydrogen-bond acceptors (Lipinski definition) is 3. The number of hydrogen-bond donors (Lipinski definition) is 0. The van der Waals surface area contributed by atoms with E-state index in [1.165, 1.54) is 27.4 Å². The molecule has 1 atom stereocenters. The van der Waals surface area contributed by atoms with Crippen LogP contribution in [0.2, 0.25) is 0 Å². The largest absolute Gasteiger partial charge is 0.497 e. The summed E-state index contributed by atoms with van der Waals surface area (Å²) in [4.78, 5) is 5.07. The van der Waals surface area contributed by atoms with Crippen LogP contribution in [0.4, 0.5) is 0 Å². The molecule has 0 aliphatic heterocycles. The second-order valence-corrected chi connectivity index (χ2v) is 9.70. The topological polar surface area (TPSA) is 36.3 Å². The van der Waals surface area contributed by atoms with Crippen molar-refractivity contribution in [1.82, 2.24) is 9.55 Å². The molecule has 0 aliphatic carbocycles. The molecule has 5 aromatic rings. The van der Waals surface area contributed by atoms with Crippen LogP contribution in [0.3, 0.4) is 0 Å². The zero-order valence-corrected chi connectivity index (χ0v) is 21.6. The highest BCUT2D eigenvalue weighted by Gasteiger charge is 2.19. The molecule has 4 heteroatoms. The molecule has 0 fully saturated rings. The molecule has 1 unspecified atom stereocenters. The van der Waals surface area contributed by atoms with Gasteiger partial charge in [0.2, 0.25) is 0 Å². The fourth-order valence-electron chi connectivity index (χ4n) is 4.94. The fourth-order valence-corrected chi connectivity index (χ4v) is 4.94. The third-order valence-corrected chi connectivity index (χ3v) is 6.97. The molecule has 5 rings (SSSR count). The van der Waals surface area contributed by atoms with Gasteiger partial charge in [-0.1, -0.05) is 75.4 Å². The van der Waals surface area contributed by atoms with Crippen molar-refractivity contribution in [3.05, 3.63) is 102 Å². The minimum absolute atomic E-state index is 0.159. The number of methoxy groups -OCH3 is 1. The first-order chi connectivity index (χ1) is 17.5. The maximum Gasteiger partial charge on any atom is 0.122 e. The number of nitrogens with zero attached hydrogens (tertiary/aromatic N) is 2. The van der Waals surface area contributed by atoms with Crippen LogP contribution in [0.15, 0.2) is 84.9 Å². The minimum atomic E-state index is 0.159. The van der Waals surface area contributed by atoms with Crippen molar-refractivity contribution >= 4 is 21.8 Å². The summed E-state index contributed by atoms with van der Waals surface area (Å²) in [5.41, 5.74) is 4.73. The lowest BCUT2D eigenvalue weighted by Crippen LogP contribution is -2.11. The van der Waals surface area contributed by atoms with Gasteiger partial charge in [0.1, 0.15) is 17.3 Å². The molecule has 0 saturated carbocycles. The molecular weight excluding hydrogens is 444 g/mol. The van der Waals surface area contributed by atoms with E-state index in [-0.39, 0.29) is 5.92 Å². The third-order valence-electron chi connectivity index (χ3n) is 6.97. The van der Waals surface area contributed by atoms with Crippen molar-refractivity contribution in [3.8, 4) is 11.5 Å². The Balaban J connectivity index is 1.39. The zero-order chi connectivity index (χ0) is 25.1. The standard InChI is InChI=1S/C32H34N2O2/c1-22(2)28-10-5-8-13-31(28)36-19-9-18-34-30-12-7-6-11-29(30)33-32(34)23(3)24-14-15-26-21-27(35-4)17-16-25(26)20-24/h5-8,10-17,20-23H,9,18-19H2,1-4H3. The summed E-state index contributed by atoms with van der Waals surface area (Å²) in [6.45, 7) is 8.18. The molecule has 0 spiro atoms. The molecule has 1 aromatic heterocycles. The van der Waals surface area contributed by atoms with E-state index in [0.29, 0.717) is 12.5 Å². The molecule has 0 saturated heterocycles. The zero-order valence-electron chi connectivity index (χ0n) is 21.6. The fraction of sp³-hybridized carbons (Fsp3) is 0.281. The summed E-state index contributed by atoms with van der Waals surface area (Å²) in [6, 6.07) is 29.7. The maximum absolute atomic E-state index is 6.22. The summed E-state index contributed by atoms with van der Waals surface area (Å²) in [5, 5.41) is 2.39. The van der Waals surface area contributed by atoms with Gasteiger partial charge < -0.3 is 14.0 Å². The molecular formula is C32H34N2O2. The predicted molar refractivity (Wildman–Crippen MR) is 148 cm³/mol. The van der Waals surface area contributed by atoms with Gasteiger partial charge in [-0.25, -0.2) is 4.98 Å². The lowest BCUT2D eigenvalue weighted by atomic mass is 9.97. The normalized spacial score (nSPS) is 12.4. The average Bonchev–Trinajstić information content (AvgIpc) is 3.28. The van der Waals surface area contributed by atoms with E-state index in [2.05, 4.69) is 98.1 Å². The summed E-state index contributed by atoms with van der Waals surface area (Å²) in [6.07, 6.45) is 0.907. The van der Waals surface area contributed by atoms with Crippen LogP contribution in [0.1, 0.15) is 56.0 Å². The van der Waals surface area contributed by atoms with Crippen molar-refractivity contribution in [1.29, 1.82) is 0 Å². The highest BCUT2D eigenvalue weighted by Crippen LogP contribution is 2.31. The minimum Gasteiger partial charge on any atom is -0.497 e. The van der Waals surface area contributed by atoms with Crippen molar-refractivity contribution in [2.24, 2.45) is 0 Å². The van der Waals surface area contributed by atoms with Gasteiger partial charge in [0.05, 0.1) is 24.8 Å². The lowest BCUT2D eigenvalue weighted by Gasteiger charge is -2.17. The quantitative estimate of drug-likeness (QED) is 0.202.